The van der Waals surface area contributed by atoms with E-state index in [4.69, 9.17) is 4.98 Å². The average Bonchev–Trinajstić information content (AvgIpc) is 3.50. The molecule has 0 spiro atoms. The molecular formula is C25H29N5O3S2. The highest BCUT2D eigenvalue weighted by Crippen LogP contribution is 2.32. The standard InChI is InChI=1S/C25H29N5O3S2/c1-5-29(6-2)35(32,33)21-10-8-20(9-11-21)24(31)30(15-14-28-13-7-12-26-28)25-27-23-19(4)16-18(3)17-22(23)34-25/h7-13,16-17H,5-6,14-15H2,1-4H3. The van der Waals surface area contributed by atoms with Crippen LogP contribution < -0.4 is 4.90 Å². The molecule has 0 aliphatic carbocycles. The van der Waals surface area contributed by atoms with E-state index in [2.05, 4.69) is 17.2 Å². The van der Waals surface area contributed by atoms with E-state index in [1.54, 1.807) is 41.8 Å². The van der Waals surface area contributed by atoms with E-state index in [1.165, 1.54) is 27.8 Å². The zero-order chi connectivity index (χ0) is 25.2. The quantitative estimate of drug-likeness (QED) is 0.330. The minimum atomic E-state index is -3.60. The number of nitrogens with zero attached hydrogens (tertiary/aromatic N) is 5. The normalized spacial score (nSPS) is 11.9. The van der Waals surface area contributed by atoms with Gasteiger partial charge in [0.25, 0.3) is 5.91 Å². The second kappa shape index (κ2) is 10.3. The molecular weight excluding hydrogens is 482 g/mol. The molecule has 0 N–H and O–H groups in total. The molecule has 10 heteroatoms. The molecule has 0 unspecified atom stereocenters. The van der Waals surface area contributed by atoms with Gasteiger partial charge in [0.05, 0.1) is 21.7 Å². The van der Waals surface area contributed by atoms with Gasteiger partial charge in [-0.15, -0.1) is 0 Å². The predicted octanol–water partition coefficient (Wildman–Crippen LogP) is 4.49. The zero-order valence-electron chi connectivity index (χ0n) is 20.3. The number of aromatic nitrogens is 3. The average molecular weight is 512 g/mol. The summed E-state index contributed by atoms with van der Waals surface area (Å²) in [5, 5.41) is 4.85. The van der Waals surface area contributed by atoms with Gasteiger partial charge in [0, 0.05) is 37.6 Å². The molecule has 0 saturated heterocycles. The monoisotopic (exact) mass is 511 g/mol. The molecule has 1 amide bonds. The minimum Gasteiger partial charge on any atom is -0.282 e. The maximum absolute atomic E-state index is 13.6. The van der Waals surface area contributed by atoms with E-state index in [0.717, 1.165) is 21.3 Å². The lowest BCUT2D eigenvalue weighted by Crippen LogP contribution is -2.34. The highest BCUT2D eigenvalue weighted by molar-refractivity contribution is 7.89. The molecule has 8 nitrogen and oxygen atoms in total. The summed E-state index contributed by atoms with van der Waals surface area (Å²) in [5.74, 6) is -0.239. The van der Waals surface area contributed by atoms with Gasteiger partial charge in [-0.3, -0.25) is 14.4 Å². The third kappa shape index (κ3) is 5.14. The lowest BCUT2D eigenvalue weighted by molar-refractivity contribution is 0.0985. The van der Waals surface area contributed by atoms with Gasteiger partial charge in [0.15, 0.2) is 5.13 Å². The summed E-state index contributed by atoms with van der Waals surface area (Å²) in [6, 6.07) is 12.1. The van der Waals surface area contributed by atoms with Gasteiger partial charge in [-0.1, -0.05) is 31.3 Å². The van der Waals surface area contributed by atoms with Crippen molar-refractivity contribution in [2.24, 2.45) is 0 Å². The molecule has 0 radical (unpaired) electrons. The first kappa shape index (κ1) is 25.0. The van der Waals surface area contributed by atoms with Crippen molar-refractivity contribution in [3.8, 4) is 0 Å². The van der Waals surface area contributed by atoms with Crippen molar-refractivity contribution in [3.63, 3.8) is 0 Å². The van der Waals surface area contributed by atoms with Crippen LogP contribution in [0, 0.1) is 13.8 Å². The molecule has 0 bridgehead atoms. The Morgan fingerprint density at radius 3 is 2.43 bits per heavy atom. The van der Waals surface area contributed by atoms with Crippen molar-refractivity contribution >= 4 is 42.6 Å². The number of carbonyl (C=O) groups excluding carboxylic acids is 1. The van der Waals surface area contributed by atoms with Crippen molar-refractivity contribution < 1.29 is 13.2 Å². The Morgan fingerprint density at radius 2 is 1.80 bits per heavy atom. The molecule has 2 aromatic heterocycles. The second-order valence-electron chi connectivity index (χ2n) is 8.26. The molecule has 2 aromatic carbocycles. The molecule has 0 atom stereocenters. The summed E-state index contributed by atoms with van der Waals surface area (Å²) >= 11 is 1.47. The van der Waals surface area contributed by atoms with Crippen molar-refractivity contribution in [2.45, 2.75) is 39.1 Å². The van der Waals surface area contributed by atoms with Crippen LogP contribution in [0.25, 0.3) is 10.2 Å². The molecule has 184 valence electrons. The fraction of sp³-hybridized carbons (Fsp3) is 0.320. The third-order valence-corrected chi connectivity index (χ3v) is 8.94. The Hall–Kier alpha value is -3.08. The van der Waals surface area contributed by atoms with Gasteiger partial charge >= 0.3 is 0 Å². The highest BCUT2D eigenvalue weighted by atomic mass is 32.2. The van der Waals surface area contributed by atoms with Gasteiger partial charge < -0.3 is 0 Å². The van der Waals surface area contributed by atoms with Crippen LogP contribution in [0.1, 0.15) is 35.3 Å². The summed E-state index contributed by atoms with van der Waals surface area (Å²) in [5.41, 5.74) is 3.49. The first-order valence-corrected chi connectivity index (χ1v) is 13.8. The van der Waals surface area contributed by atoms with Crippen molar-refractivity contribution in [1.82, 2.24) is 19.1 Å². The molecule has 0 fully saturated rings. The minimum absolute atomic E-state index is 0.173. The zero-order valence-corrected chi connectivity index (χ0v) is 21.9. The van der Waals surface area contributed by atoms with Crippen LogP contribution in [-0.4, -0.2) is 53.0 Å². The number of amides is 1. The maximum atomic E-state index is 13.6. The first-order valence-electron chi connectivity index (χ1n) is 11.5. The van der Waals surface area contributed by atoms with Crippen molar-refractivity contribution in [2.75, 3.05) is 24.5 Å². The van der Waals surface area contributed by atoms with Crippen LogP contribution >= 0.6 is 11.3 Å². The van der Waals surface area contributed by atoms with E-state index < -0.39 is 10.0 Å². The van der Waals surface area contributed by atoms with E-state index in [0.29, 0.717) is 36.9 Å². The smallest absolute Gasteiger partial charge is 0.260 e. The van der Waals surface area contributed by atoms with Crippen LogP contribution in [0.5, 0.6) is 0 Å². The topological polar surface area (TPSA) is 88.4 Å². The van der Waals surface area contributed by atoms with E-state index in [1.807, 2.05) is 26.1 Å². The largest absolute Gasteiger partial charge is 0.282 e. The number of sulfonamides is 1. The number of carbonyl (C=O) groups is 1. The van der Waals surface area contributed by atoms with Crippen LogP contribution in [0.4, 0.5) is 5.13 Å². The number of hydrogen-bond donors (Lipinski definition) is 0. The lowest BCUT2D eigenvalue weighted by Gasteiger charge is -2.21. The molecule has 35 heavy (non-hydrogen) atoms. The predicted molar refractivity (Wildman–Crippen MR) is 140 cm³/mol. The number of aryl methyl sites for hydroxylation is 2. The fourth-order valence-electron chi connectivity index (χ4n) is 4.03. The fourth-order valence-corrected chi connectivity index (χ4v) is 6.66. The van der Waals surface area contributed by atoms with Crippen LogP contribution in [-0.2, 0) is 16.6 Å². The van der Waals surface area contributed by atoms with Crippen molar-refractivity contribution in [1.29, 1.82) is 0 Å². The summed E-state index contributed by atoms with van der Waals surface area (Å²) in [6.07, 6.45) is 3.55. The molecule has 0 aliphatic heterocycles. The number of rotatable bonds is 9. The lowest BCUT2D eigenvalue weighted by atomic mass is 10.1. The summed E-state index contributed by atoms with van der Waals surface area (Å²) in [4.78, 5) is 20.3. The molecule has 0 aliphatic rings. The maximum Gasteiger partial charge on any atom is 0.260 e. The van der Waals surface area contributed by atoms with Gasteiger partial charge in [-0.25, -0.2) is 13.4 Å². The van der Waals surface area contributed by atoms with Crippen LogP contribution in [0.3, 0.4) is 0 Å². The van der Waals surface area contributed by atoms with Crippen molar-refractivity contribution in [3.05, 3.63) is 71.5 Å². The molecule has 2 heterocycles. The highest BCUT2D eigenvalue weighted by Gasteiger charge is 2.25. The molecule has 0 saturated carbocycles. The Bertz CT molecular complexity index is 1420. The summed E-state index contributed by atoms with van der Waals surface area (Å²) < 4.78 is 29.9. The number of fused-ring (bicyclic) bond motifs is 1. The molecule has 4 rings (SSSR count). The van der Waals surface area contributed by atoms with Gasteiger partial charge in [-0.2, -0.15) is 9.40 Å². The number of thiazole rings is 1. The van der Waals surface area contributed by atoms with Gasteiger partial charge in [0.2, 0.25) is 10.0 Å². The van der Waals surface area contributed by atoms with Gasteiger partial charge in [-0.05, 0) is 61.4 Å². The number of hydrogen-bond acceptors (Lipinski definition) is 6. The first-order chi connectivity index (χ1) is 16.7. The number of benzene rings is 2. The summed E-state index contributed by atoms with van der Waals surface area (Å²) in [6.45, 7) is 9.31. The SMILES string of the molecule is CCN(CC)S(=O)(=O)c1ccc(C(=O)N(CCn2cccn2)c2nc3c(C)cc(C)cc3s2)cc1. The van der Waals surface area contributed by atoms with Gasteiger partial charge in [0.1, 0.15) is 0 Å². The van der Waals surface area contributed by atoms with E-state index in [9.17, 15) is 13.2 Å². The van der Waals surface area contributed by atoms with Crippen LogP contribution in [0.2, 0.25) is 0 Å². The van der Waals surface area contributed by atoms with E-state index >= 15 is 0 Å². The number of anilines is 1. The Balaban J connectivity index is 1.68. The van der Waals surface area contributed by atoms with Crippen LogP contribution in [0.15, 0.2) is 59.8 Å². The van der Waals surface area contributed by atoms with E-state index in [-0.39, 0.29) is 10.8 Å². The Kier molecular flexibility index (Phi) is 7.34. The Labute approximate surface area is 209 Å². The molecule has 4 aromatic rings. The second-order valence-corrected chi connectivity index (χ2v) is 11.2. The Morgan fingerprint density at radius 1 is 1.09 bits per heavy atom. The summed E-state index contributed by atoms with van der Waals surface area (Å²) in [7, 11) is -3.60. The third-order valence-electron chi connectivity index (χ3n) is 5.85.